The van der Waals surface area contributed by atoms with E-state index in [0.717, 1.165) is 34.2 Å². The fourth-order valence-corrected chi connectivity index (χ4v) is 3.50. The third kappa shape index (κ3) is 6.38. The SMILES string of the molecule is CCc1c(-c2ccc(OCCNC(=O)OC(C)(C)C)cc2)cnc(N)c1-c1ccc(O)cc1. The number of nitrogens with two attached hydrogens (primary N) is 1. The molecule has 0 aliphatic rings. The minimum absolute atomic E-state index is 0.205. The van der Waals surface area contributed by atoms with Crippen LogP contribution in [0.5, 0.6) is 11.5 Å². The highest BCUT2D eigenvalue weighted by Crippen LogP contribution is 2.36. The van der Waals surface area contributed by atoms with Crippen molar-refractivity contribution in [3.8, 4) is 33.8 Å². The van der Waals surface area contributed by atoms with Crippen LogP contribution in [0.1, 0.15) is 33.3 Å². The zero-order valence-corrected chi connectivity index (χ0v) is 19.5. The second-order valence-electron chi connectivity index (χ2n) is 8.61. The highest BCUT2D eigenvalue weighted by atomic mass is 16.6. The number of aromatic nitrogens is 1. The van der Waals surface area contributed by atoms with Gasteiger partial charge in [-0.25, -0.2) is 9.78 Å². The molecule has 0 radical (unpaired) electrons. The highest BCUT2D eigenvalue weighted by Gasteiger charge is 2.16. The Morgan fingerprint density at radius 2 is 1.70 bits per heavy atom. The number of alkyl carbamates (subject to hydrolysis) is 1. The van der Waals surface area contributed by atoms with E-state index < -0.39 is 11.7 Å². The topological polar surface area (TPSA) is 107 Å². The normalized spacial score (nSPS) is 11.2. The maximum Gasteiger partial charge on any atom is 0.407 e. The second-order valence-corrected chi connectivity index (χ2v) is 8.61. The van der Waals surface area contributed by atoms with Gasteiger partial charge in [-0.05, 0) is 68.1 Å². The van der Waals surface area contributed by atoms with Crippen LogP contribution in [0, 0.1) is 0 Å². The predicted molar refractivity (Wildman–Crippen MR) is 130 cm³/mol. The first kappa shape index (κ1) is 23.9. The fourth-order valence-electron chi connectivity index (χ4n) is 3.50. The fraction of sp³-hybridized carbons (Fsp3) is 0.308. The number of carbonyl (C=O) groups excluding carboxylic acids is 1. The molecule has 0 aliphatic carbocycles. The maximum atomic E-state index is 11.7. The first-order chi connectivity index (χ1) is 15.7. The number of nitrogens with one attached hydrogen (secondary N) is 1. The Hall–Kier alpha value is -3.74. The zero-order valence-electron chi connectivity index (χ0n) is 19.5. The number of hydrogen-bond donors (Lipinski definition) is 3. The molecule has 0 unspecified atom stereocenters. The summed E-state index contributed by atoms with van der Waals surface area (Å²) >= 11 is 0. The van der Waals surface area contributed by atoms with Gasteiger partial charge in [0.25, 0.3) is 0 Å². The summed E-state index contributed by atoms with van der Waals surface area (Å²) in [6, 6.07) is 14.7. The number of anilines is 1. The van der Waals surface area contributed by atoms with Crippen LogP contribution >= 0.6 is 0 Å². The summed E-state index contributed by atoms with van der Waals surface area (Å²) in [7, 11) is 0. The van der Waals surface area contributed by atoms with Crippen molar-refractivity contribution in [2.24, 2.45) is 0 Å². The van der Waals surface area contributed by atoms with Gasteiger partial charge in [-0.15, -0.1) is 0 Å². The van der Waals surface area contributed by atoms with Crippen LogP contribution in [0.2, 0.25) is 0 Å². The molecule has 7 nitrogen and oxygen atoms in total. The van der Waals surface area contributed by atoms with Gasteiger partial charge >= 0.3 is 6.09 Å². The monoisotopic (exact) mass is 449 g/mol. The number of nitrogen functional groups attached to an aromatic ring is 1. The second kappa shape index (κ2) is 10.3. The third-order valence-electron chi connectivity index (χ3n) is 4.93. The van der Waals surface area contributed by atoms with Gasteiger partial charge in [-0.1, -0.05) is 31.2 Å². The van der Waals surface area contributed by atoms with Crippen LogP contribution in [0.25, 0.3) is 22.3 Å². The number of hydrogen-bond acceptors (Lipinski definition) is 6. The number of rotatable bonds is 7. The molecule has 7 heteroatoms. The smallest absolute Gasteiger partial charge is 0.407 e. The molecule has 1 heterocycles. The molecule has 0 aliphatic heterocycles. The quantitative estimate of drug-likeness (QED) is 0.430. The Morgan fingerprint density at radius 1 is 1.06 bits per heavy atom. The van der Waals surface area contributed by atoms with Gasteiger partial charge in [-0.2, -0.15) is 0 Å². The summed E-state index contributed by atoms with van der Waals surface area (Å²) < 4.78 is 10.9. The molecule has 2 aromatic carbocycles. The summed E-state index contributed by atoms with van der Waals surface area (Å²) in [5.41, 5.74) is 10.6. The number of phenols is 1. The molecule has 0 saturated carbocycles. The number of phenolic OH excluding ortho intramolecular Hbond substituents is 1. The number of pyridine rings is 1. The molecule has 3 aromatic rings. The van der Waals surface area contributed by atoms with Gasteiger partial charge in [0.05, 0.1) is 6.54 Å². The Morgan fingerprint density at radius 3 is 2.30 bits per heavy atom. The number of nitrogens with zero attached hydrogens (tertiary/aromatic N) is 1. The lowest BCUT2D eigenvalue weighted by atomic mass is 9.92. The molecule has 1 amide bonds. The van der Waals surface area contributed by atoms with Crippen molar-refractivity contribution in [1.82, 2.24) is 10.3 Å². The lowest BCUT2D eigenvalue weighted by Gasteiger charge is -2.19. The van der Waals surface area contributed by atoms with E-state index >= 15 is 0 Å². The van der Waals surface area contributed by atoms with E-state index in [1.807, 2.05) is 57.2 Å². The molecule has 0 fully saturated rings. The molecule has 3 rings (SSSR count). The van der Waals surface area contributed by atoms with Crippen LogP contribution in [0.15, 0.2) is 54.7 Å². The summed E-state index contributed by atoms with van der Waals surface area (Å²) in [6.07, 6.45) is 2.10. The van der Waals surface area contributed by atoms with Gasteiger partial charge in [0.2, 0.25) is 0 Å². The molecule has 0 saturated heterocycles. The van der Waals surface area contributed by atoms with Gasteiger partial charge in [0, 0.05) is 17.3 Å². The number of benzene rings is 2. The lowest BCUT2D eigenvalue weighted by Crippen LogP contribution is -2.34. The average molecular weight is 450 g/mol. The summed E-state index contributed by atoms with van der Waals surface area (Å²) in [5.74, 6) is 1.36. The van der Waals surface area contributed by atoms with Gasteiger partial charge < -0.3 is 25.6 Å². The Balaban J connectivity index is 1.71. The molecule has 0 bridgehead atoms. The Kier molecular flexibility index (Phi) is 7.43. The molecule has 33 heavy (non-hydrogen) atoms. The van der Waals surface area contributed by atoms with Gasteiger partial charge in [0.1, 0.15) is 29.5 Å². The first-order valence-corrected chi connectivity index (χ1v) is 10.9. The van der Waals surface area contributed by atoms with Crippen LogP contribution in [0.4, 0.5) is 10.6 Å². The van der Waals surface area contributed by atoms with E-state index in [1.165, 1.54) is 0 Å². The Labute approximate surface area is 194 Å². The van der Waals surface area contributed by atoms with E-state index in [-0.39, 0.29) is 5.75 Å². The standard InChI is InChI=1S/C26H31N3O4/c1-5-21-22(16-29-24(27)23(21)18-6-10-19(30)11-7-18)17-8-12-20(13-9-17)32-15-14-28-25(31)33-26(2,3)4/h6-13,16,30H,5,14-15H2,1-4H3,(H2,27,29)(H,28,31). The Bertz CT molecular complexity index is 1090. The summed E-state index contributed by atoms with van der Waals surface area (Å²) in [5, 5.41) is 12.3. The van der Waals surface area contributed by atoms with Crippen molar-refractivity contribution in [2.75, 3.05) is 18.9 Å². The summed E-state index contributed by atoms with van der Waals surface area (Å²) in [6.45, 7) is 8.20. The lowest BCUT2D eigenvalue weighted by molar-refractivity contribution is 0.0520. The molecule has 0 atom stereocenters. The minimum atomic E-state index is -0.531. The number of aromatic hydroxyl groups is 1. The van der Waals surface area contributed by atoms with Crippen LogP contribution < -0.4 is 15.8 Å². The maximum absolute atomic E-state index is 11.7. The highest BCUT2D eigenvalue weighted by molar-refractivity contribution is 5.84. The van der Waals surface area contributed by atoms with E-state index in [4.69, 9.17) is 15.2 Å². The van der Waals surface area contributed by atoms with Crippen LogP contribution in [-0.2, 0) is 11.2 Å². The largest absolute Gasteiger partial charge is 0.508 e. The van der Waals surface area contributed by atoms with Crippen molar-refractivity contribution in [3.05, 3.63) is 60.3 Å². The van der Waals surface area contributed by atoms with Crippen molar-refractivity contribution >= 4 is 11.9 Å². The number of amides is 1. The third-order valence-corrected chi connectivity index (χ3v) is 4.93. The van der Waals surface area contributed by atoms with Gasteiger partial charge in [0.15, 0.2) is 0 Å². The summed E-state index contributed by atoms with van der Waals surface area (Å²) in [4.78, 5) is 16.1. The van der Waals surface area contributed by atoms with Crippen LogP contribution in [0.3, 0.4) is 0 Å². The van der Waals surface area contributed by atoms with Crippen LogP contribution in [-0.4, -0.2) is 34.9 Å². The minimum Gasteiger partial charge on any atom is -0.508 e. The molecule has 1 aromatic heterocycles. The van der Waals surface area contributed by atoms with E-state index in [9.17, 15) is 9.90 Å². The van der Waals surface area contributed by atoms with E-state index in [1.54, 1.807) is 18.3 Å². The van der Waals surface area contributed by atoms with E-state index in [0.29, 0.717) is 24.7 Å². The molecule has 174 valence electrons. The van der Waals surface area contributed by atoms with Gasteiger partial charge in [-0.3, -0.25) is 0 Å². The molecule has 4 N–H and O–H groups in total. The number of carbonyl (C=O) groups is 1. The van der Waals surface area contributed by atoms with Crippen molar-refractivity contribution in [3.63, 3.8) is 0 Å². The first-order valence-electron chi connectivity index (χ1n) is 10.9. The molecular formula is C26H31N3O4. The molecule has 0 spiro atoms. The van der Waals surface area contributed by atoms with Crippen molar-refractivity contribution in [2.45, 2.75) is 39.7 Å². The van der Waals surface area contributed by atoms with Crippen molar-refractivity contribution in [1.29, 1.82) is 0 Å². The average Bonchev–Trinajstić information content (AvgIpc) is 2.76. The van der Waals surface area contributed by atoms with Crippen molar-refractivity contribution < 1.29 is 19.4 Å². The molecular weight excluding hydrogens is 418 g/mol. The zero-order chi connectivity index (χ0) is 24.0. The number of ether oxygens (including phenoxy) is 2. The van der Waals surface area contributed by atoms with E-state index in [2.05, 4.69) is 17.2 Å². The predicted octanol–water partition coefficient (Wildman–Crippen LogP) is 5.17.